The fourth-order valence-electron chi connectivity index (χ4n) is 4.09. The van der Waals surface area contributed by atoms with Gasteiger partial charge in [0.25, 0.3) is 0 Å². The summed E-state index contributed by atoms with van der Waals surface area (Å²) in [5, 5.41) is 3.46. The zero-order valence-electron chi connectivity index (χ0n) is 13.2. The smallest absolute Gasteiger partial charge is 0.225 e. The number of aromatic nitrogens is 4. The summed E-state index contributed by atoms with van der Waals surface area (Å²) in [5.74, 6) is 3.92. The van der Waals surface area contributed by atoms with Crippen LogP contribution < -0.4 is 10.2 Å². The fraction of sp³-hybridized carbons (Fsp3) is 0.529. The Balaban J connectivity index is 1.41. The molecule has 0 amide bonds. The van der Waals surface area contributed by atoms with Crippen molar-refractivity contribution in [2.45, 2.75) is 19.3 Å². The molecule has 6 nitrogen and oxygen atoms in total. The van der Waals surface area contributed by atoms with E-state index in [9.17, 15) is 0 Å². The van der Waals surface area contributed by atoms with Crippen molar-refractivity contribution in [1.82, 2.24) is 19.9 Å². The van der Waals surface area contributed by atoms with Crippen molar-refractivity contribution in [2.24, 2.45) is 17.8 Å². The van der Waals surface area contributed by atoms with Gasteiger partial charge in [-0.3, -0.25) is 4.98 Å². The van der Waals surface area contributed by atoms with Gasteiger partial charge >= 0.3 is 0 Å². The van der Waals surface area contributed by atoms with Crippen molar-refractivity contribution in [1.29, 1.82) is 0 Å². The van der Waals surface area contributed by atoms with Gasteiger partial charge in [0.15, 0.2) is 0 Å². The minimum atomic E-state index is 0.685. The van der Waals surface area contributed by atoms with E-state index in [-0.39, 0.29) is 0 Å². The van der Waals surface area contributed by atoms with Gasteiger partial charge in [0.2, 0.25) is 5.95 Å². The Morgan fingerprint density at radius 2 is 1.96 bits per heavy atom. The Morgan fingerprint density at radius 3 is 2.78 bits per heavy atom. The Morgan fingerprint density at radius 1 is 1.04 bits per heavy atom. The molecule has 0 spiro atoms. The second-order valence-electron chi connectivity index (χ2n) is 6.54. The zero-order chi connectivity index (χ0) is 15.5. The van der Waals surface area contributed by atoms with E-state index in [1.54, 1.807) is 18.6 Å². The number of rotatable bonds is 4. The number of hydrogen-bond donors (Lipinski definition) is 1. The molecule has 23 heavy (non-hydrogen) atoms. The lowest BCUT2D eigenvalue weighted by molar-refractivity contribution is 0.209. The highest BCUT2D eigenvalue weighted by atomic mass is 15.3. The molecule has 2 aromatic heterocycles. The average molecular weight is 310 g/mol. The lowest BCUT2D eigenvalue weighted by atomic mass is 9.74. The van der Waals surface area contributed by atoms with Crippen molar-refractivity contribution >= 4 is 11.8 Å². The first-order valence-electron chi connectivity index (χ1n) is 8.42. The number of fused-ring (bicyclic) bond motifs is 1. The van der Waals surface area contributed by atoms with Crippen LogP contribution in [-0.2, 0) is 0 Å². The molecule has 1 saturated heterocycles. The fourth-order valence-corrected chi connectivity index (χ4v) is 4.09. The van der Waals surface area contributed by atoms with Crippen LogP contribution in [0.1, 0.15) is 19.3 Å². The molecule has 120 valence electrons. The molecule has 3 heterocycles. The normalized spacial score (nSPS) is 26.8. The molecule has 1 N–H and O–H groups in total. The third kappa shape index (κ3) is 3.11. The zero-order valence-corrected chi connectivity index (χ0v) is 13.2. The molecule has 1 saturated carbocycles. The first-order chi connectivity index (χ1) is 11.4. The molecule has 1 aliphatic heterocycles. The van der Waals surface area contributed by atoms with Gasteiger partial charge in [-0.25, -0.2) is 15.0 Å². The highest BCUT2D eigenvalue weighted by Crippen LogP contribution is 2.40. The van der Waals surface area contributed by atoms with E-state index in [4.69, 9.17) is 0 Å². The minimum Gasteiger partial charge on any atom is -0.369 e. The van der Waals surface area contributed by atoms with E-state index in [0.29, 0.717) is 5.92 Å². The summed E-state index contributed by atoms with van der Waals surface area (Å²) in [6.07, 6.45) is 12.8. The predicted octanol–water partition coefficient (Wildman–Crippen LogP) is 2.23. The topological polar surface area (TPSA) is 66.8 Å². The minimum absolute atomic E-state index is 0.685. The summed E-state index contributed by atoms with van der Waals surface area (Å²) < 4.78 is 0. The van der Waals surface area contributed by atoms with Crippen molar-refractivity contribution in [3.63, 3.8) is 0 Å². The van der Waals surface area contributed by atoms with Crippen LogP contribution in [0.2, 0.25) is 0 Å². The molecule has 0 radical (unpaired) electrons. The van der Waals surface area contributed by atoms with E-state index in [1.165, 1.54) is 19.3 Å². The molecule has 4 rings (SSSR count). The van der Waals surface area contributed by atoms with Gasteiger partial charge in [-0.05, 0) is 36.7 Å². The summed E-state index contributed by atoms with van der Waals surface area (Å²) in [6.45, 7) is 3.14. The van der Waals surface area contributed by atoms with Gasteiger partial charge < -0.3 is 10.2 Å². The molecule has 6 heteroatoms. The molecule has 2 aromatic rings. The van der Waals surface area contributed by atoms with Gasteiger partial charge in [-0.2, -0.15) is 0 Å². The Bertz CT molecular complexity index is 619. The standard InChI is InChI=1S/C17H22N6/c1-3-13(9-22-16-10-18-7-8-19-16)15-12-23(11-14(15)4-1)17-20-5-2-6-21-17/h2,5-8,10,13-15H,1,3-4,9,11-12H2,(H,19,22)/t13-,14+,15+/m1/s1. The third-order valence-electron chi connectivity index (χ3n) is 5.19. The maximum absolute atomic E-state index is 4.42. The predicted molar refractivity (Wildman–Crippen MR) is 89.1 cm³/mol. The van der Waals surface area contributed by atoms with Crippen LogP contribution >= 0.6 is 0 Å². The maximum Gasteiger partial charge on any atom is 0.225 e. The summed E-state index contributed by atoms with van der Waals surface area (Å²) in [7, 11) is 0. The van der Waals surface area contributed by atoms with E-state index < -0.39 is 0 Å². The van der Waals surface area contributed by atoms with Crippen LogP contribution in [0.25, 0.3) is 0 Å². The van der Waals surface area contributed by atoms with Gasteiger partial charge in [0.05, 0.1) is 6.20 Å². The van der Waals surface area contributed by atoms with Crippen LogP contribution in [0.15, 0.2) is 37.1 Å². The molecule has 3 atom stereocenters. The van der Waals surface area contributed by atoms with Crippen LogP contribution in [0.5, 0.6) is 0 Å². The van der Waals surface area contributed by atoms with Crippen molar-refractivity contribution in [3.05, 3.63) is 37.1 Å². The largest absolute Gasteiger partial charge is 0.369 e. The van der Waals surface area contributed by atoms with Crippen molar-refractivity contribution in [2.75, 3.05) is 29.9 Å². The third-order valence-corrected chi connectivity index (χ3v) is 5.19. The Labute approximate surface area is 136 Å². The summed E-state index contributed by atoms with van der Waals surface area (Å²) in [4.78, 5) is 19.6. The quantitative estimate of drug-likeness (QED) is 0.934. The Hall–Kier alpha value is -2.24. The molecular weight excluding hydrogens is 288 g/mol. The molecular formula is C17H22N6. The van der Waals surface area contributed by atoms with Gasteiger partial charge in [0, 0.05) is 44.4 Å². The monoisotopic (exact) mass is 310 g/mol. The SMILES string of the molecule is c1cnc(N2C[C@@H]3CCC[C@H](CNc4cnccn4)[C@@H]3C2)nc1. The molecule has 2 fully saturated rings. The summed E-state index contributed by atoms with van der Waals surface area (Å²) in [5.41, 5.74) is 0. The average Bonchev–Trinajstić information content (AvgIpc) is 3.06. The first kappa shape index (κ1) is 14.4. The van der Waals surface area contributed by atoms with Crippen LogP contribution in [-0.4, -0.2) is 39.6 Å². The van der Waals surface area contributed by atoms with Crippen LogP contribution in [0.3, 0.4) is 0 Å². The lowest BCUT2D eigenvalue weighted by Gasteiger charge is -2.32. The molecule has 2 aliphatic rings. The molecule has 0 unspecified atom stereocenters. The van der Waals surface area contributed by atoms with Gasteiger partial charge in [-0.15, -0.1) is 0 Å². The van der Waals surface area contributed by atoms with E-state index in [2.05, 4.69) is 30.2 Å². The second kappa shape index (κ2) is 6.48. The van der Waals surface area contributed by atoms with Crippen molar-refractivity contribution < 1.29 is 0 Å². The molecule has 0 bridgehead atoms. The van der Waals surface area contributed by atoms with Crippen LogP contribution in [0, 0.1) is 17.8 Å². The highest BCUT2D eigenvalue weighted by molar-refractivity contribution is 5.33. The molecule has 0 aromatic carbocycles. The summed E-state index contributed by atoms with van der Waals surface area (Å²) >= 11 is 0. The number of nitrogens with one attached hydrogen (secondary N) is 1. The lowest BCUT2D eigenvalue weighted by Crippen LogP contribution is -2.32. The second-order valence-corrected chi connectivity index (χ2v) is 6.54. The number of hydrogen-bond acceptors (Lipinski definition) is 6. The maximum atomic E-state index is 4.42. The van der Waals surface area contributed by atoms with Gasteiger partial charge in [0.1, 0.15) is 5.82 Å². The van der Waals surface area contributed by atoms with Crippen molar-refractivity contribution in [3.8, 4) is 0 Å². The van der Waals surface area contributed by atoms with E-state index >= 15 is 0 Å². The van der Waals surface area contributed by atoms with E-state index in [1.807, 2.05) is 18.5 Å². The highest BCUT2D eigenvalue weighted by Gasteiger charge is 2.40. The van der Waals surface area contributed by atoms with Crippen LogP contribution in [0.4, 0.5) is 11.8 Å². The first-order valence-corrected chi connectivity index (χ1v) is 8.42. The molecule has 1 aliphatic carbocycles. The van der Waals surface area contributed by atoms with E-state index in [0.717, 1.165) is 43.2 Å². The number of nitrogens with zero attached hydrogens (tertiary/aromatic N) is 5. The number of anilines is 2. The van der Waals surface area contributed by atoms with Gasteiger partial charge in [-0.1, -0.05) is 6.42 Å². The summed E-state index contributed by atoms with van der Waals surface area (Å²) in [6, 6.07) is 1.88. The Kier molecular flexibility index (Phi) is 4.05.